The Bertz CT molecular complexity index is 931. The van der Waals surface area contributed by atoms with Crippen molar-refractivity contribution >= 4 is 15.9 Å². The first-order valence-corrected chi connectivity index (χ1v) is 10.3. The first kappa shape index (κ1) is 21.4. The van der Waals surface area contributed by atoms with Gasteiger partial charge in [0.25, 0.3) is 0 Å². The lowest BCUT2D eigenvalue weighted by Crippen LogP contribution is -2.21. The highest BCUT2D eigenvalue weighted by atomic mass is 79.9. The highest BCUT2D eigenvalue weighted by Crippen LogP contribution is 2.37. The Morgan fingerprint density at radius 1 is 1.03 bits per heavy atom. The van der Waals surface area contributed by atoms with E-state index in [0.29, 0.717) is 31.2 Å². The van der Waals surface area contributed by atoms with Gasteiger partial charge in [-0.1, -0.05) is 76.1 Å². The highest BCUT2D eigenvalue weighted by Gasteiger charge is 2.16. The number of aliphatic hydroxyl groups is 1. The van der Waals surface area contributed by atoms with E-state index in [1.165, 1.54) is 5.56 Å². The molecule has 1 unspecified atom stereocenters. The van der Waals surface area contributed by atoms with Gasteiger partial charge >= 0.3 is 0 Å². The maximum Gasteiger partial charge on any atom is 0.167 e. The van der Waals surface area contributed by atoms with E-state index in [9.17, 15) is 5.11 Å². The Morgan fingerprint density at radius 2 is 1.83 bits per heavy atom. The molecule has 29 heavy (non-hydrogen) atoms. The van der Waals surface area contributed by atoms with Crippen molar-refractivity contribution in [2.24, 2.45) is 0 Å². The molecule has 0 saturated carbocycles. The van der Waals surface area contributed by atoms with Crippen molar-refractivity contribution in [1.29, 1.82) is 0 Å². The van der Waals surface area contributed by atoms with E-state index in [1.54, 1.807) is 7.11 Å². The van der Waals surface area contributed by atoms with Crippen molar-refractivity contribution in [2.75, 3.05) is 13.7 Å². The largest absolute Gasteiger partial charge is 0.493 e. The summed E-state index contributed by atoms with van der Waals surface area (Å²) in [6.07, 6.45) is -0.572. The average Bonchev–Trinajstić information content (AvgIpc) is 2.74. The molecule has 1 atom stereocenters. The third-order valence-corrected chi connectivity index (χ3v) is 5.42. The van der Waals surface area contributed by atoms with Crippen molar-refractivity contribution in [2.45, 2.75) is 26.2 Å². The Kier molecular flexibility index (Phi) is 7.69. The minimum absolute atomic E-state index is 0.435. The summed E-state index contributed by atoms with van der Waals surface area (Å²) in [5.74, 6) is 1.38. The molecule has 0 amide bonds. The van der Waals surface area contributed by atoms with Gasteiger partial charge in [0.15, 0.2) is 11.5 Å². The van der Waals surface area contributed by atoms with Gasteiger partial charge in [0.05, 0.1) is 13.2 Å². The SMILES string of the molecule is COc1ccc(Br)c(CNCC(O)c2ccccc2)c1OCc1cccc(C)c1. The van der Waals surface area contributed by atoms with Crippen LogP contribution in [0, 0.1) is 6.92 Å². The predicted octanol–water partition coefficient (Wildman–Crippen LogP) is 5.17. The Morgan fingerprint density at radius 3 is 2.55 bits per heavy atom. The fourth-order valence-corrected chi connectivity index (χ4v) is 3.60. The fraction of sp³-hybridized carbons (Fsp3) is 0.250. The molecule has 0 aliphatic rings. The Hall–Kier alpha value is -2.34. The molecular weight excluding hydrogens is 430 g/mol. The van der Waals surface area contributed by atoms with Crippen LogP contribution >= 0.6 is 15.9 Å². The average molecular weight is 456 g/mol. The smallest absolute Gasteiger partial charge is 0.167 e. The van der Waals surface area contributed by atoms with E-state index in [-0.39, 0.29) is 0 Å². The number of hydrogen-bond acceptors (Lipinski definition) is 4. The van der Waals surface area contributed by atoms with E-state index >= 15 is 0 Å². The second-order valence-corrected chi connectivity index (χ2v) is 7.75. The van der Waals surface area contributed by atoms with Crippen molar-refractivity contribution in [3.8, 4) is 11.5 Å². The summed E-state index contributed by atoms with van der Waals surface area (Å²) in [6, 6.07) is 21.7. The number of rotatable bonds is 9. The van der Waals surface area contributed by atoms with Crippen molar-refractivity contribution in [1.82, 2.24) is 5.32 Å². The second kappa shape index (κ2) is 10.4. The number of ether oxygens (including phenoxy) is 2. The monoisotopic (exact) mass is 455 g/mol. The summed E-state index contributed by atoms with van der Waals surface area (Å²) in [6.45, 7) is 3.49. The molecule has 0 saturated heterocycles. The summed E-state index contributed by atoms with van der Waals surface area (Å²) in [7, 11) is 1.64. The number of methoxy groups -OCH3 is 1. The van der Waals surface area contributed by atoms with E-state index in [0.717, 1.165) is 21.2 Å². The van der Waals surface area contributed by atoms with Crippen molar-refractivity contribution in [3.63, 3.8) is 0 Å². The van der Waals surface area contributed by atoms with Crippen LogP contribution in [-0.2, 0) is 13.2 Å². The van der Waals surface area contributed by atoms with Gasteiger partial charge < -0.3 is 19.9 Å². The Labute approximate surface area is 180 Å². The third-order valence-electron chi connectivity index (χ3n) is 4.68. The molecule has 0 aliphatic heterocycles. The highest BCUT2D eigenvalue weighted by molar-refractivity contribution is 9.10. The van der Waals surface area contributed by atoms with Gasteiger partial charge in [-0.05, 0) is 30.2 Å². The van der Waals surface area contributed by atoms with Gasteiger partial charge in [0.2, 0.25) is 0 Å². The van der Waals surface area contributed by atoms with Crippen LogP contribution in [0.15, 0.2) is 71.2 Å². The first-order valence-electron chi connectivity index (χ1n) is 9.56. The molecule has 3 aromatic rings. The minimum Gasteiger partial charge on any atom is -0.493 e. The summed E-state index contributed by atoms with van der Waals surface area (Å²) in [5.41, 5.74) is 4.15. The van der Waals surface area contributed by atoms with Crippen LogP contribution in [0.2, 0.25) is 0 Å². The quantitative estimate of drug-likeness (QED) is 0.467. The van der Waals surface area contributed by atoms with Crippen molar-refractivity contribution < 1.29 is 14.6 Å². The topological polar surface area (TPSA) is 50.7 Å². The summed E-state index contributed by atoms with van der Waals surface area (Å²) < 4.78 is 12.6. The fourth-order valence-electron chi connectivity index (χ4n) is 3.15. The maximum atomic E-state index is 10.4. The zero-order valence-electron chi connectivity index (χ0n) is 16.7. The molecular formula is C24H26BrNO3. The van der Waals surface area contributed by atoms with Gasteiger partial charge in [0.1, 0.15) is 6.61 Å². The molecule has 0 aromatic heterocycles. The first-order chi connectivity index (χ1) is 14.1. The lowest BCUT2D eigenvalue weighted by atomic mass is 10.1. The molecule has 0 radical (unpaired) electrons. The predicted molar refractivity (Wildman–Crippen MR) is 119 cm³/mol. The summed E-state index contributed by atoms with van der Waals surface area (Å²) >= 11 is 3.62. The molecule has 152 valence electrons. The second-order valence-electron chi connectivity index (χ2n) is 6.89. The van der Waals surface area contributed by atoms with Gasteiger partial charge in [0, 0.05) is 23.1 Å². The minimum atomic E-state index is -0.572. The number of aryl methyl sites for hydroxylation is 1. The van der Waals surface area contributed by atoms with Crippen LogP contribution in [0.1, 0.15) is 28.4 Å². The van der Waals surface area contributed by atoms with Crippen LogP contribution in [0.3, 0.4) is 0 Å². The Balaban J connectivity index is 1.71. The van der Waals surface area contributed by atoms with Gasteiger partial charge in [-0.2, -0.15) is 0 Å². The molecule has 4 nitrogen and oxygen atoms in total. The number of hydrogen-bond donors (Lipinski definition) is 2. The molecule has 0 fully saturated rings. The normalized spacial score (nSPS) is 11.9. The zero-order chi connectivity index (χ0) is 20.6. The van der Waals surface area contributed by atoms with E-state index < -0.39 is 6.10 Å². The van der Waals surface area contributed by atoms with E-state index in [1.807, 2.05) is 54.6 Å². The maximum absolute atomic E-state index is 10.4. The molecule has 0 bridgehead atoms. The number of benzene rings is 3. The number of halogens is 1. The lowest BCUT2D eigenvalue weighted by Gasteiger charge is -2.18. The van der Waals surface area contributed by atoms with Crippen LogP contribution in [0.25, 0.3) is 0 Å². The van der Waals surface area contributed by atoms with Crippen LogP contribution in [0.4, 0.5) is 0 Å². The van der Waals surface area contributed by atoms with Crippen LogP contribution in [-0.4, -0.2) is 18.8 Å². The molecule has 2 N–H and O–H groups in total. The van der Waals surface area contributed by atoms with Gasteiger partial charge in [-0.25, -0.2) is 0 Å². The molecule has 0 heterocycles. The van der Waals surface area contributed by atoms with Gasteiger partial charge in [-0.3, -0.25) is 0 Å². The van der Waals surface area contributed by atoms with Crippen LogP contribution < -0.4 is 14.8 Å². The van der Waals surface area contributed by atoms with Crippen molar-refractivity contribution in [3.05, 3.63) is 93.5 Å². The van der Waals surface area contributed by atoms with Crippen LogP contribution in [0.5, 0.6) is 11.5 Å². The zero-order valence-corrected chi connectivity index (χ0v) is 18.3. The van der Waals surface area contributed by atoms with E-state index in [4.69, 9.17) is 9.47 Å². The standard InChI is InChI=1S/C24H26BrNO3/c1-17-7-6-8-18(13-17)16-29-24-20(21(25)11-12-23(24)28-2)14-26-15-22(27)19-9-4-3-5-10-19/h3-13,22,26-27H,14-16H2,1-2H3. The lowest BCUT2D eigenvalue weighted by molar-refractivity contribution is 0.174. The molecule has 0 spiro atoms. The molecule has 3 aromatic carbocycles. The number of aliphatic hydroxyl groups excluding tert-OH is 1. The molecule has 3 rings (SSSR count). The third kappa shape index (κ3) is 5.82. The summed E-state index contributed by atoms with van der Waals surface area (Å²) in [5, 5.41) is 13.7. The molecule has 0 aliphatic carbocycles. The van der Waals surface area contributed by atoms with Gasteiger partial charge in [-0.15, -0.1) is 0 Å². The number of nitrogens with one attached hydrogen (secondary N) is 1. The molecule has 5 heteroatoms. The van der Waals surface area contributed by atoms with E-state index in [2.05, 4.69) is 40.3 Å². The summed E-state index contributed by atoms with van der Waals surface area (Å²) in [4.78, 5) is 0.